The molecule has 0 bridgehead atoms. The normalized spacial score (nSPS) is 28.3. The van der Waals surface area contributed by atoms with Gasteiger partial charge in [-0.3, -0.25) is 0 Å². The largest absolute Gasteiger partial charge is 0.364 e. The van der Waals surface area contributed by atoms with Crippen LogP contribution in [0, 0.1) is 17.3 Å². The van der Waals surface area contributed by atoms with Gasteiger partial charge >= 0.3 is 0 Å². The summed E-state index contributed by atoms with van der Waals surface area (Å²) in [6.45, 7) is 23.1. The van der Waals surface area contributed by atoms with E-state index in [2.05, 4.69) is 75.2 Å². The van der Waals surface area contributed by atoms with Crippen molar-refractivity contribution in [3.8, 4) is 0 Å². The summed E-state index contributed by atoms with van der Waals surface area (Å²) in [6, 6.07) is 0. The highest BCUT2D eigenvalue weighted by atomic mass is 31.2. The predicted molar refractivity (Wildman–Crippen MR) is 150 cm³/mol. The molecule has 0 radical (unpaired) electrons. The zero-order valence-electron chi connectivity index (χ0n) is 21.1. The maximum Gasteiger partial charge on any atom is 0.0827 e. The second-order valence-electron chi connectivity index (χ2n) is 10.8. The Balaban J connectivity index is 2.91. The SMILES string of the molecule is C=C1C(OC(C)(C)[PH](=C)CP(=C)(CC)CCP(=C)(CC)CC)C(C)C(C)(C)C1C. The van der Waals surface area contributed by atoms with Gasteiger partial charge in [0.15, 0.2) is 0 Å². The van der Waals surface area contributed by atoms with Gasteiger partial charge in [-0.2, -0.15) is 0 Å². The van der Waals surface area contributed by atoms with E-state index in [9.17, 15) is 0 Å². The van der Waals surface area contributed by atoms with E-state index >= 15 is 0 Å². The molecule has 4 heteroatoms. The van der Waals surface area contributed by atoms with E-state index < -0.39 is 21.3 Å². The van der Waals surface area contributed by atoms with E-state index in [0.29, 0.717) is 11.8 Å². The van der Waals surface area contributed by atoms with Crippen LogP contribution in [0.2, 0.25) is 0 Å². The van der Waals surface area contributed by atoms with Crippen molar-refractivity contribution in [3.05, 3.63) is 12.2 Å². The van der Waals surface area contributed by atoms with Crippen LogP contribution in [0.4, 0.5) is 0 Å². The van der Waals surface area contributed by atoms with Gasteiger partial charge in [0.2, 0.25) is 0 Å². The molecule has 172 valence electrons. The molecule has 0 aromatic rings. The van der Waals surface area contributed by atoms with Gasteiger partial charge in [0.25, 0.3) is 0 Å². The molecule has 1 nitrogen and oxygen atoms in total. The minimum atomic E-state index is -1.22. The number of ether oxygens (including phenoxy) is 1. The van der Waals surface area contributed by atoms with Gasteiger partial charge in [0.1, 0.15) is 0 Å². The van der Waals surface area contributed by atoms with E-state index in [4.69, 9.17) is 17.3 Å². The van der Waals surface area contributed by atoms with Crippen LogP contribution in [0.3, 0.4) is 0 Å². The van der Waals surface area contributed by atoms with Gasteiger partial charge in [-0.1, -0.05) is 62.6 Å². The average molecular weight is 461 g/mol. The molecule has 1 rings (SSSR count). The Kier molecular flexibility index (Phi) is 9.56. The molecule has 1 fully saturated rings. The number of hydrogen-bond donors (Lipinski definition) is 0. The van der Waals surface area contributed by atoms with Crippen LogP contribution >= 0.6 is 21.3 Å². The molecule has 0 aromatic heterocycles. The third-order valence-corrected chi connectivity index (χ3v) is 21.3. The highest BCUT2D eigenvalue weighted by Crippen LogP contribution is 2.60. The lowest BCUT2D eigenvalue weighted by Gasteiger charge is -2.38. The molecule has 0 N–H and O–H groups in total. The number of rotatable bonds is 11. The van der Waals surface area contributed by atoms with E-state index in [1.807, 2.05) is 0 Å². The summed E-state index contributed by atoms with van der Waals surface area (Å²) in [4.78, 5) is 0. The van der Waals surface area contributed by atoms with Crippen molar-refractivity contribution in [2.75, 3.05) is 36.7 Å². The summed E-state index contributed by atoms with van der Waals surface area (Å²) in [6.07, 6.45) is 20.7. The summed E-state index contributed by atoms with van der Waals surface area (Å²) in [5, 5.41) is -0.170. The Morgan fingerprint density at radius 3 is 1.83 bits per heavy atom. The minimum Gasteiger partial charge on any atom is -0.364 e. The van der Waals surface area contributed by atoms with Crippen LogP contribution in [0.1, 0.15) is 62.3 Å². The third kappa shape index (κ3) is 6.32. The quantitative estimate of drug-likeness (QED) is 0.229. The first-order valence-electron chi connectivity index (χ1n) is 11.5. The van der Waals surface area contributed by atoms with E-state index in [0.717, 1.165) is 0 Å². The molecule has 0 aromatic carbocycles. The fourth-order valence-electron chi connectivity index (χ4n) is 4.32. The van der Waals surface area contributed by atoms with E-state index in [1.54, 1.807) is 0 Å². The van der Waals surface area contributed by atoms with Crippen LogP contribution in [0.5, 0.6) is 0 Å². The molecule has 0 aliphatic heterocycles. The van der Waals surface area contributed by atoms with Gasteiger partial charge in [-0.25, -0.2) is 0 Å². The average Bonchev–Trinajstić information content (AvgIpc) is 2.80. The first kappa shape index (κ1) is 27.6. The molecule has 29 heavy (non-hydrogen) atoms. The molecule has 5 unspecified atom stereocenters. The maximum absolute atomic E-state index is 6.84. The van der Waals surface area contributed by atoms with Gasteiger partial charge < -0.3 is 4.74 Å². The first-order chi connectivity index (χ1) is 13.1. The van der Waals surface area contributed by atoms with Gasteiger partial charge in [-0.15, -0.1) is 32.7 Å². The van der Waals surface area contributed by atoms with Crippen LogP contribution in [-0.2, 0) is 4.74 Å². The third-order valence-electron chi connectivity index (χ3n) is 8.53. The van der Waals surface area contributed by atoms with Crippen LogP contribution < -0.4 is 0 Å². The Morgan fingerprint density at radius 1 is 1.00 bits per heavy atom. The lowest BCUT2D eigenvalue weighted by molar-refractivity contribution is -0.0285. The van der Waals surface area contributed by atoms with E-state index in [1.165, 1.54) is 42.3 Å². The Morgan fingerprint density at radius 2 is 1.45 bits per heavy atom. The molecule has 0 spiro atoms. The summed E-state index contributed by atoms with van der Waals surface area (Å²) in [5.41, 5.74) is 1.51. The number of hydrogen-bond acceptors (Lipinski definition) is 1. The van der Waals surface area contributed by atoms with Crippen molar-refractivity contribution in [2.24, 2.45) is 17.3 Å². The molecule has 1 aliphatic carbocycles. The second-order valence-corrected chi connectivity index (χ2v) is 22.6. The summed E-state index contributed by atoms with van der Waals surface area (Å²) in [5.74, 6) is 2.18. The van der Waals surface area contributed by atoms with Crippen molar-refractivity contribution < 1.29 is 4.74 Å². The van der Waals surface area contributed by atoms with Crippen molar-refractivity contribution >= 4 is 40.2 Å². The van der Waals surface area contributed by atoms with Crippen molar-refractivity contribution in [1.82, 2.24) is 0 Å². The summed E-state index contributed by atoms with van der Waals surface area (Å²) >= 11 is 0. The Hall–Kier alpha value is 0.600. The minimum absolute atomic E-state index is 0.148. The van der Waals surface area contributed by atoms with Crippen molar-refractivity contribution in [1.29, 1.82) is 0 Å². The summed E-state index contributed by atoms with van der Waals surface area (Å²) < 4.78 is 6.84. The topological polar surface area (TPSA) is 9.23 Å². The lowest BCUT2D eigenvalue weighted by atomic mass is 9.77. The van der Waals surface area contributed by atoms with Gasteiger partial charge in [0.05, 0.1) is 11.4 Å². The van der Waals surface area contributed by atoms with Gasteiger partial charge in [-0.05, 0) is 73.4 Å². The van der Waals surface area contributed by atoms with Crippen LogP contribution in [0.15, 0.2) is 12.2 Å². The zero-order valence-corrected chi connectivity index (χ0v) is 23.9. The lowest BCUT2D eigenvalue weighted by Crippen LogP contribution is -2.33. The predicted octanol–water partition coefficient (Wildman–Crippen LogP) is 7.54. The van der Waals surface area contributed by atoms with Gasteiger partial charge in [0, 0.05) is 0 Å². The first-order valence-corrected chi connectivity index (χ1v) is 18.5. The van der Waals surface area contributed by atoms with Crippen molar-refractivity contribution in [2.45, 2.75) is 73.8 Å². The molecule has 1 aliphatic rings. The second kappa shape index (κ2) is 10.0. The Bertz CT molecular complexity index is 693. The molecule has 0 amide bonds. The molecule has 5 atom stereocenters. The van der Waals surface area contributed by atoms with Crippen LogP contribution in [0.25, 0.3) is 0 Å². The maximum atomic E-state index is 6.84. The molecule has 0 saturated heterocycles. The highest BCUT2D eigenvalue weighted by molar-refractivity contribution is 7.84. The molecular weight excluding hydrogens is 409 g/mol. The standard InChI is InChI=1S/C25H51OP3/c1-14-28(12,15-2)17-18-29(13,16-3)19-27(11)25(9,10)26-23-20(4)21(5)24(7,8)22(23)6/h21-23,27H,4,11-19H2,1-3,5-10H3. The smallest absolute Gasteiger partial charge is 0.0827 e. The van der Waals surface area contributed by atoms with Crippen molar-refractivity contribution in [3.63, 3.8) is 0 Å². The monoisotopic (exact) mass is 460 g/mol. The molecule has 0 heterocycles. The van der Waals surface area contributed by atoms with Crippen LogP contribution in [-0.4, -0.2) is 67.1 Å². The van der Waals surface area contributed by atoms with E-state index in [-0.39, 0.29) is 16.9 Å². The molecular formula is C25H51OP3. The fraction of sp³-hybridized carbons (Fsp3) is 0.800. The highest BCUT2D eigenvalue weighted by Gasteiger charge is 2.49. The Labute approximate surface area is 184 Å². The molecule has 1 saturated carbocycles. The zero-order chi connectivity index (χ0) is 22.8. The summed E-state index contributed by atoms with van der Waals surface area (Å²) in [7, 11) is -0.937. The fourth-order valence-corrected chi connectivity index (χ4v) is 15.7.